The Morgan fingerprint density at radius 1 is 1.00 bits per heavy atom. The number of nitrogens with one attached hydrogen (secondary N) is 1. The Balaban J connectivity index is 0.00000176. The predicted octanol–water partition coefficient (Wildman–Crippen LogP) is 4.93. The van der Waals surface area contributed by atoms with E-state index >= 15 is 0 Å². The number of hydrogen-bond donors (Lipinski definition) is 1. The molecule has 1 aliphatic rings. The van der Waals surface area contributed by atoms with Crippen molar-refractivity contribution in [2.24, 2.45) is 4.99 Å². The Bertz CT molecular complexity index is 614. The Hall–Kier alpha value is -1.16. The molecule has 2 nitrogen and oxygen atoms in total. The second kappa shape index (κ2) is 8.47. The fourth-order valence-corrected chi connectivity index (χ4v) is 3.58. The van der Waals surface area contributed by atoms with E-state index < -0.39 is 0 Å². The molecule has 2 aromatic carbocycles. The lowest BCUT2D eigenvalue weighted by Crippen LogP contribution is -2.27. The molecule has 1 N–H and O–H groups in total. The van der Waals surface area contributed by atoms with Crippen LogP contribution in [0.2, 0.25) is 5.02 Å². The van der Waals surface area contributed by atoms with Crippen LogP contribution in [0.25, 0.3) is 0 Å². The third-order valence-corrected chi connectivity index (χ3v) is 4.90. The summed E-state index contributed by atoms with van der Waals surface area (Å²) in [6, 6.07) is 18.6. The lowest BCUT2D eigenvalue weighted by Gasteiger charge is -2.21. The Labute approximate surface area is 146 Å². The number of benzene rings is 2. The summed E-state index contributed by atoms with van der Waals surface area (Å²) in [7, 11) is 0. The first-order valence-corrected chi connectivity index (χ1v) is 8.34. The van der Waals surface area contributed by atoms with Crippen molar-refractivity contribution in [1.82, 2.24) is 5.32 Å². The van der Waals surface area contributed by atoms with Crippen LogP contribution >= 0.6 is 35.8 Å². The van der Waals surface area contributed by atoms with E-state index in [0.29, 0.717) is 0 Å². The maximum Gasteiger partial charge on any atom is 0.157 e. The van der Waals surface area contributed by atoms with Crippen molar-refractivity contribution >= 4 is 40.9 Å². The molecule has 116 valence electrons. The van der Waals surface area contributed by atoms with Gasteiger partial charge in [-0.2, -0.15) is 0 Å². The first-order chi connectivity index (χ1) is 10.3. The first kappa shape index (κ1) is 17.2. The molecule has 0 spiro atoms. The van der Waals surface area contributed by atoms with Crippen LogP contribution in [0, 0.1) is 0 Å². The highest BCUT2D eigenvalue weighted by molar-refractivity contribution is 8.14. The smallest absolute Gasteiger partial charge is 0.157 e. The topological polar surface area (TPSA) is 24.4 Å². The molecule has 22 heavy (non-hydrogen) atoms. The van der Waals surface area contributed by atoms with Crippen molar-refractivity contribution in [3.8, 4) is 0 Å². The molecule has 0 saturated carbocycles. The quantitative estimate of drug-likeness (QED) is 0.846. The van der Waals surface area contributed by atoms with Crippen LogP contribution in [0.1, 0.15) is 22.8 Å². The minimum absolute atomic E-state index is 0. The van der Waals surface area contributed by atoms with E-state index in [2.05, 4.69) is 46.7 Å². The van der Waals surface area contributed by atoms with Crippen LogP contribution in [0.4, 0.5) is 0 Å². The van der Waals surface area contributed by atoms with Crippen LogP contribution in [0.3, 0.4) is 0 Å². The largest absolute Gasteiger partial charge is 0.365 e. The average Bonchev–Trinajstić information content (AvgIpc) is 2.55. The Morgan fingerprint density at radius 3 is 2.32 bits per heavy atom. The number of hydrogen-bond acceptors (Lipinski definition) is 3. The van der Waals surface area contributed by atoms with Crippen molar-refractivity contribution in [1.29, 1.82) is 0 Å². The van der Waals surface area contributed by atoms with Gasteiger partial charge in [-0.1, -0.05) is 65.8 Å². The number of amidine groups is 1. The number of thioether (sulfide) groups is 1. The molecule has 1 aliphatic heterocycles. The fraction of sp³-hybridized carbons (Fsp3) is 0.235. The second-order valence-corrected chi connectivity index (χ2v) is 6.46. The van der Waals surface area contributed by atoms with Gasteiger partial charge < -0.3 is 5.32 Å². The molecule has 0 aliphatic carbocycles. The molecule has 5 heteroatoms. The van der Waals surface area contributed by atoms with Gasteiger partial charge in [-0.05, 0) is 29.7 Å². The Kier molecular flexibility index (Phi) is 6.62. The zero-order valence-electron chi connectivity index (χ0n) is 12.0. The van der Waals surface area contributed by atoms with Crippen molar-refractivity contribution in [2.75, 3.05) is 13.1 Å². The lowest BCUT2D eigenvalue weighted by atomic mass is 10.0. The van der Waals surface area contributed by atoms with Gasteiger partial charge in [0.1, 0.15) is 0 Å². The van der Waals surface area contributed by atoms with Gasteiger partial charge in [0.15, 0.2) is 5.17 Å². The maximum atomic E-state index is 6.01. The normalized spacial score (nSPS) is 15.2. The summed E-state index contributed by atoms with van der Waals surface area (Å²) >= 11 is 7.78. The van der Waals surface area contributed by atoms with Crippen LogP contribution in [-0.2, 0) is 0 Å². The van der Waals surface area contributed by atoms with Crippen LogP contribution < -0.4 is 5.32 Å². The Morgan fingerprint density at radius 2 is 1.68 bits per heavy atom. The lowest BCUT2D eigenvalue weighted by molar-refractivity contribution is 0.751. The van der Waals surface area contributed by atoms with Gasteiger partial charge >= 0.3 is 0 Å². The molecule has 0 fully saturated rings. The number of nitrogens with zero attached hydrogens (tertiary/aromatic N) is 1. The molecule has 0 aromatic heterocycles. The molecule has 0 saturated heterocycles. The first-order valence-electron chi connectivity index (χ1n) is 7.08. The zero-order chi connectivity index (χ0) is 14.5. The summed E-state index contributed by atoms with van der Waals surface area (Å²) in [6.45, 7) is 1.92. The zero-order valence-corrected chi connectivity index (χ0v) is 14.4. The number of rotatable bonds is 3. The van der Waals surface area contributed by atoms with Crippen molar-refractivity contribution < 1.29 is 0 Å². The van der Waals surface area contributed by atoms with Gasteiger partial charge in [-0.25, -0.2) is 0 Å². The van der Waals surface area contributed by atoms with Crippen LogP contribution in [0.15, 0.2) is 59.6 Å². The van der Waals surface area contributed by atoms with Gasteiger partial charge in [-0.3, -0.25) is 4.99 Å². The molecule has 2 aromatic rings. The summed E-state index contributed by atoms with van der Waals surface area (Å²) in [5, 5.41) is 5.42. The van der Waals surface area contributed by atoms with Gasteiger partial charge in [0, 0.05) is 18.1 Å². The third kappa shape index (κ3) is 4.42. The van der Waals surface area contributed by atoms with Gasteiger partial charge in [0.25, 0.3) is 0 Å². The van der Waals surface area contributed by atoms with E-state index in [0.717, 1.165) is 29.7 Å². The molecular formula is C17H18Cl2N2S. The minimum Gasteiger partial charge on any atom is -0.365 e. The summed E-state index contributed by atoms with van der Waals surface area (Å²) < 4.78 is 0. The van der Waals surface area contributed by atoms with Gasteiger partial charge in [-0.15, -0.1) is 12.4 Å². The van der Waals surface area contributed by atoms with Crippen molar-refractivity contribution in [3.05, 3.63) is 70.7 Å². The molecule has 1 heterocycles. The molecule has 0 radical (unpaired) electrons. The third-order valence-electron chi connectivity index (χ3n) is 3.37. The van der Waals surface area contributed by atoms with E-state index in [1.807, 2.05) is 18.2 Å². The van der Waals surface area contributed by atoms with Crippen molar-refractivity contribution in [3.63, 3.8) is 0 Å². The van der Waals surface area contributed by atoms with Crippen LogP contribution in [0.5, 0.6) is 0 Å². The van der Waals surface area contributed by atoms with E-state index in [9.17, 15) is 0 Å². The summed E-state index contributed by atoms with van der Waals surface area (Å²) in [5.74, 6) is 0. The van der Waals surface area contributed by atoms with Crippen LogP contribution in [-0.4, -0.2) is 18.3 Å². The predicted molar refractivity (Wildman–Crippen MR) is 99.5 cm³/mol. The standard InChI is InChI=1S/C17H17ClN2S.ClH/c18-15-9-7-14(8-10-15)16(13-5-2-1-3-6-13)21-17-19-11-4-12-20-17;/h1-3,5-10,16H,4,11-12H2,(H,19,20);1H. The van der Waals surface area contributed by atoms with E-state index in [1.165, 1.54) is 11.1 Å². The second-order valence-electron chi connectivity index (χ2n) is 4.93. The molecular weight excluding hydrogens is 335 g/mol. The summed E-state index contributed by atoms with van der Waals surface area (Å²) in [6.07, 6.45) is 1.11. The van der Waals surface area contributed by atoms with E-state index in [4.69, 9.17) is 11.6 Å². The molecule has 0 bridgehead atoms. The number of aliphatic imine (C=N–C) groups is 1. The number of halogens is 2. The summed E-state index contributed by atoms with van der Waals surface area (Å²) in [5.41, 5.74) is 2.52. The highest BCUT2D eigenvalue weighted by Gasteiger charge is 2.18. The highest BCUT2D eigenvalue weighted by Crippen LogP contribution is 2.36. The molecule has 3 rings (SSSR count). The molecule has 0 amide bonds. The van der Waals surface area contributed by atoms with E-state index in [1.54, 1.807) is 11.8 Å². The minimum atomic E-state index is 0. The fourth-order valence-electron chi connectivity index (χ4n) is 2.30. The van der Waals surface area contributed by atoms with E-state index in [-0.39, 0.29) is 17.7 Å². The molecule has 1 atom stereocenters. The highest BCUT2D eigenvalue weighted by atomic mass is 35.5. The monoisotopic (exact) mass is 352 g/mol. The average molecular weight is 353 g/mol. The van der Waals surface area contributed by atoms with Gasteiger partial charge in [0.05, 0.1) is 5.25 Å². The van der Waals surface area contributed by atoms with Crippen molar-refractivity contribution in [2.45, 2.75) is 11.7 Å². The summed E-state index contributed by atoms with van der Waals surface area (Å²) in [4.78, 5) is 4.58. The maximum absolute atomic E-state index is 6.01. The molecule has 1 unspecified atom stereocenters. The SMILES string of the molecule is Cl.Clc1ccc(C(SC2=NCCCN2)c2ccccc2)cc1. The van der Waals surface area contributed by atoms with Gasteiger partial charge in [0.2, 0.25) is 0 Å².